The van der Waals surface area contributed by atoms with Gasteiger partial charge in [-0.3, -0.25) is 0 Å². The van der Waals surface area contributed by atoms with Gasteiger partial charge < -0.3 is 9.84 Å². The minimum Gasteiger partial charge on any atom is -0.490 e. The summed E-state index contributed by atoms with van der Waals surface area (Å²) in [6, 6.07) is 14.8. The second-order valence-corrected chi connectivity index (χ2v) is 6.16. The number of para-hydroxylation sites is 1. The number of benzene rings is 2. The maximum Gasteiger partial charge on any atom is 0.335 e. The van der Waals surface area contributed by atoms with Crippen molar-refractivity contribution in [2.45, 2.75) is 52.1 Å². The van der Waals surface area contributed by atoms with Gasteiger partial charge in [0.1, 0.15) is 5.75 Å². The van der Waals surface area contributed by atoms with Crippen molar-refractivity contribution in [2.75, 3.05) is 0 Å². The quantitative estimate of drug-likeness (QED) is 0.593. The Morgan fingerprint density at radius 1 is 1.04 bits per heavy atom. The molecule has 0 heterocycles. The summed E-state index contributed by atoms with van der Waals surface area (Å²) in [5.74, 6) is -0.0599. The maximum atomic E-state index is 11.0. The van der Waals surface area contributed by atoms with E-state index in [0.717, 1.165) is 23.3 Å². The summed E-state index contributed by atoms with van der Waals surface area (Å²) in [7, 11) is 0. The number of rotatable bonds is 9. The van der Waals surface area contributed by atoms with Crippen molar-refractivity contribution >= 4 is 5.97 Å². The Kier molecular flexibility index (Phi) is 6.86. The summed E-state index contributed by atoms with van der Waals surface area (Å²) in [5.41, 5.74) is 2.25. The number of carboxylic acids is 1. The van der Waals surface area contributed by atoms with Crippen molar-refractivity contribution < 1.29 is 14.6 Å². The number of aromatic carboxylic acids is 1. The van der Waals surface area contributed by atoms with Gasteiger partial charge in [0, 0.05) is 5.56 Å². The molecule has 0 aliphatic heterocycles. The van der Waals surface area contributed by atoms with Crippen LogP contribution in [0, 0.1) is 0 Å². The van der Waals surface area contributed by atoms with Crippen LogP contribution in [-0.4, -0.2) is 17.2 Å². The Labute approximate surface area is 144 Å². The molecule has 1 N–H and O–H groups in total. The lowest BCUT2D eigenvalue weighted by Gasteiger charge is -2.17. The lowest BCUT2D eigenvalue weighted by molar-refractivity contribution is 0.0697. The maximum absolute atomic E-state index is 11.0. The summed E-state index contributed by atoms with van der Waals surface area (Å²) >= 11 is 0. The molecule has 0 aliphatic rings. The number of carbonyl (C=O) groups is 1. The van der Waals surface area contributed by atoms with Gasteiger partial charge in [0.05, 0.1) is 11.7 Å². The average Bonchev–Trinajstić information content (AvgIpc) is 2.59. The standard InChI is InChI=1S/C21H26O3/c1-3-4-5-6-9-16(2)24-20-11-8-7-10-19(20)17-12-14-18(15-13-17)21(22)23/h7-8,10-16H,3-6,9H2,1-2H3,(H,22,23). The first kappa shape index (κ1) is 18.1. The van der Waals surface area contributed by atoms with Gasteiger partial charge in [-0.05, 0) is 43.5 Å². The van der Waals surface area contributed by atoms with Crippen molar-refractivity contribution in [3.63, 3.8) is 0 Å². The summed E-state index contributed by atoms with van der Waals surface area (Å²) < 4.78 is 6.14. The molecule has 2 aromatic rings. The molecule has 3 heteroatoms. The normalized spacial score (nSPS) is 11.9. The minimum absolute atomic E-state index is 0.168. The average molecular weight is 326 g/mol. The predicted molar refractivity (Wildman–Crippen MR) is 97.7 cm³/mol. The SMILES string of the molecule is CCCCCCC(C)Oc1ccccc1-c1ccc(C(=O)O)cc1. The van der Waals surface area contributed by atoms with Gasteiger partial charge in [0.15, 0.2) is 0 Å². The Balaban J connectivity index is 2.08. The fourth-order valence-corrected chi connectivity index (χ4v) is 2.73. The molecule has 0 saturated heterocycles. The Bertz CT molecular complexity index is 646. The van der Waals surface area contributed by atoms with Gasteiger partial charge in [0.2, 0.25) is 0 Å². The molecule has 0 bridgehead atoms. The topological polar surface area (TPSA) is 46.5 Å². The van der Waals surface area contributed by atoms with Gasteiger partial charge in [-0.25, -0.2) is 4.79 Å². The van der Waals surface area contributed by atoms with Crippen LogP contribution < -0.4 is 4.74 Å². The van der Waals surface area contributed by atoms with Crippen molar-refractivity contribution in [1.82, 2.24) is 0 Å². The number of unbranched alkanes of at least 4 members (excludes halogenated alkanes) is 3. The van der Waals surface area contributed by atoms with Crippen molar-refractivity contribution in [3.05, 3.63) is 54.1 Å². The van der Waals surface area contributed by atoms with Crippen molar-refractivity contribution in [1.29, 1.82) is 0 Å². The largest absolute Gasteiger partial charge is 0.490 e. The predicted octanol–water partition coefficient (Wildman–Crippen LogP) is 5.79. The van der Waals surface area contributed by atoms with Crippen LogP contribution in [0.25, 0.3) is 11.1 Å². The summed E-state index contributed by atoms with van der Waals surface area (Å²) in [6.07, 6.45) is 6.17. The lowest BCUT2D eigenvalue weighted by Crippen LogP contribution is -2.12. The summed E-state index contributed by atoms with van der Waals surface area (Å²) in [6.45, 7) is 4.32. The smallest absolute Gasteiger partial charge is 0.335 e. The van der Waals surface area contributed by atoms with Gasteiger partial charge in [-0.15, -0.1) is 0 Å². The van der Waals surface area contributed by atoms with Gasteiger partial charge in [-0.1, -0.05) is 56.5 Å². The van der Waals surface area contributed by atoms with Crippen LogP contribution >= 0.6 is 0 Å². The van der Waals surface area contributed by atoms with Crippen LogP contribution in [0.15, 0.2) is 48.5 Å². The minimum atomic E-state index is -0.910. The Morgan fingerprint density at radius 2 is 1.75 bits per heavy atom. The van der Waals surface area contributed by atoms with E-state index in [1.807, 2.05) is 36.4 Å². The second kappa shape index (κ2) is 9.11. The van der Waals surface area contributed by atoms with Gasteiger partial charge in [-0.2, -0.15) is 0 Å². The van der Waals surface area contributed by atoms with Gasteiger partial charge in [0.25, 0.3) is 0 Å². The second-order valence-electron chi connectivity index (χ2n) is 6.16. The molecule has 0 aromatic heterocycles. The Morgan fingerprint density at radius 3 is 2.42 bits per heavy atom. The summed E-state index contributed by atoms with van der Waals surface area (Å²) in [5, 5.41) is 9.02. The molecule has 0 amide bonds. The van der Waals surface area contributed by atoms with E-state index >= 15 is 0 Å². The van der Waals surface area contributed by atoms with E-state index in [1.165, 1.54) is 25.7 Å². The molecular formula is C21H26O3. The number of hydrogen-bond acceptors (Lipinski definition) is 2. The number of carboxylic acid groups (broad SMARTS) is 1. The van der Waals surface area contributed by atoms with Crippen LogP contribution in [0.3, 0.4) is 0 Å². The van der Waals surface area contributed by atoms with E-state index in [2.05, 4.69) is 13.8 Å². The fourth-order valence-electron chi connectivity index (χ4n) is 2.73. The van der Waals surface area contributed by atoms with Crippen molar-refractivity contribution in [2.24, 2.45) is 0 Å². The zero-order valence-electron chi connectivity index (χ0n) is 14.5. The zero-order chi connectivity index (χ0) is 17.4. The Hall–Kier alpha value is -2.29. The molecule has 1 atom stereocenters. The highest BCUT2D eigenvalue weighted by Crippen LogP contribution is 2.31. The molecule has 0 radical (unpaired) electrons. The fraction of sp³-hybridized carbons (Fsp3) is 0.381. The van der Waals surface area contributed by atoms with E-state index in [0.29, 0.717) is 5.56 Å². The molecule has 1 unspecified atom stereocenters. The third kappa shape index (κ3) is 5.12. The van der Waals surface area contributed by atoms with E-state index < -0.39 is 5.97 Å². The van der Waals surface area contributed by atoms with E-state index in [4.69, 9.17) is 9.84 Å². The van der Waals surface area contributed by atoms with Crippen LogP contribution in [0.1, 0.15) is 56.3 Å². The molecule has 0 fully saturated rings. The zero-order valence-corrected chi connectivity index (χ0v) is 14.5. The van der Waals surface area contributed by atoms with Gasteiger partial charge >= 0.3 is 5.97 Å². The first-order chi connectivity index (χ1) is 11.6. The van der Waals surface area contributed by atoms with Crippen LogP contribution in [0.4, 0.5) is 0 Å². The molecule has 0 saturated carbocycles. The van der Waals surface area contributed by atoms with Crippen LogP contribution in [0.5, 0.6) is 5.75 Å². The molecular weight excluding hydrogens is 300 g/mol. The number of hydrogen-bond donors (Lipinski definition) is 1. The molecule has 0 spiro atoms. The number of ether oxygens (including phenoxy) is 1. The molecule has 2 rings (SSSR count). The highest BCUT2D eigenvalue weighted by molar-refractivity contribution is 5.88. The summed E-state index contributed by atoms with van der Waals surface area (Å²) in [4.78, 5) is 11.0. The lowest BCUT2D eigenvalue weighted by atomic mass is 10.0. The van der Waals surface area contributed by atoms with E-state index in [9.17, 15) is 4.79 Å². The first-order valence-corrected chi connectivity index (χ1v) is 8.71. The molecule has 128 valence electrons. The molecule has 2 aromatic carbocycles. The highest BCUT2D eigenvalue weighted by atomic mass is 16.5. The monoisotopic (exact) mass is 326 g/mol. The highest BCUT2D eigenvalue weighted by Gasteiger charge is 2.10. The molecule has 24 heavy (non-hydrogen) atoms. The third-order valence-corrected chi connectivity index (χ3v) is 4.12. The van der Waals surface area contributed by atoms with Crippen molar-refractivity contribution in [3.8, 4) is 16.9 Å². The van der Waals surface area contributed by atoms with E-state index in [1.54, 1.807) is 12.1 Å². The molecule has 0 aliphatic carbocycles. The van der Waals surface area contributed by atoms with Crippen LogP contribution in [0.2, 0.25) is 0 Å². The third-order valence-electron chi connectivity index (χ3n) is 4.12. The molecule has 3 nitrogen and oxygen atoms in total. The first-order valence-electron chi connectivity index (χ1n) is 8.71. The van der Waals surface area contributed by atoms with Crippen LogP contribution in [-0.2, 0) is 0 Å². The van der Waals surface area contributed by atoms with E-state index in [-0.39, 0.29) is 6.10 Å².